The highest BCUT2D eigenvalue weighted by atomic mass is 32.2. The first-order chi connectivity index (χ1) is 19.1. The molecule has 0 bridgehead atoms. The zero-order chi connectivity index (χ0) is 27.0. The van der Waals surface area contributed by atoms with Crippen LogP contribution in [0.5, 0.6) is 5.75 Å². The number of ether oxygens (including phenoxy) is 2. The summed E-state index contributed by atoms with van der Waals surface area (Å²) in [6.45, 7) is 5.42. The number of hydrogen-bond acceptors (Lipinski definition) is 9. The number of piperazine rings is 1. The summed E-state index contributed by atoms with van der Waals surface area (Å²) >= 11 is 1.64. The second-order valence-corrected chi connectivity index (χ2v) is 10.7. The largest absolute Gasteiger partial charge is 0.508 e. The van der Waals surface area contributed by atoms with Gasteiger partial charge in [-0.1, -0.05) is 54.2 Å². The lowest BCUT2D eigenvalue weighted by atomic mass is 10.1. The van der Waals surface area contributed by atoms with E-state index in [9.17, 15) is 9.90 Å². The van der Waals surface area contributed by atoms with Gasteiger partial charge in [0.2, 0.25) is 0 Å². The van der Waals surface area contributed by atoms with Crippen LogP contribution in [0.2, 0.25) is 0 Å². The molecule has 3 aromatic carbocycles. The molecule has 9 heteroatoms. The summed E-state index contributed by atoms with van der Waals surface area (Å²) < 4.78 is 11.0. The van der Waals surface area contributed by atoms with Crippen LogP contribution in [0.1, 0.15) is 11.1 Å². The number of esters is 1. The van der Waals surface area contributed by atoms with Crippen molar-refractivity contribution in [2.45, 2.75) is 22.3 Å². The lowest BCUT2D eigenvalue weighted by Crippen LogP contribution is -2.49. The van der Waals surface area contributed by atoms with Gasteiger partial charge in [-0.05, 0) is 42.3 Å². The van der Waals surface area contributed by atoms with Crippen molar-refractivity contribution < 1.29 is 19.4 Å². The molecule has 0 saturated carbocycles. The second-order valence-electron chi connectivity index (χ2n) is 9.59. The summed E-state index contributed by atoms with van der Waals surface area (Å²) in [6, 6.07) is 22.6. The third-order valence-corrected chi connectivity index (χ3v) is 7.94. The first-order valence-corrected chi connectivity index (χ1v) is 14.1. The Bertz CT molecular complexity index is 1300. The van der Waals surface area contributed by atoms with Crippen LogP contribution in [0.3, 0.4) is 0 Å². The Hall–Kier alpha value is -3.37. The van der Waals surface area contributed by atoms with E-state index in [2.05, 4.69) is 15.9 Å². The van der Waals surface area contributed by atoms with Crippen LogP contribution in [0.4, 0.5) is 5.69 Å². The lowest BCUT2D eigenvalue weighted by molar-refractivity contribution is -0.146. The summed E-state index contributed by atoms with van der Waals surface area (Å²) in [5, 5.41) is 10.1. The summed E-state index contributed by atoms with van der Waals surface area (Å²) in [5.41, 5.74) is 8.98. The zero-order valence-electron chi connectivity index (χ0n) is 21.9. The van der Waals surface area contributed by atoms with Crippen LogP contribution in [0, 0.1) is 0 Å². The van der Waals surface area contributed by atoms with Gasteiger partial charge in [0.15, 0.2) is 0 Å². The molecule has 0 radical (unpaired) electrons. The van der Waals surface area contributed by atoms with Gasteiger partial charge in [-0.15, -0.1) is 0 Å². The van der Waals surface area contributed by atoms with Gasteiger partial charge in [0.25, 0.3) is 0 Å². The minimum Gasteiger partial charge on any atom is -0.508 e. The Balaban J connectivity index is 1.05. The SMILES string of the molecule is NC(Cc1ccccc1)C(=O)OCCOCCN1CCN(C2=Nc3ccccc3Sc3cc(O)ccc32)CC1. The maximum absolute atomic E-state index is 12.1. The average Bonchev–Trinajstić information content (AvgIpc) is 3.12. The van der Waals surface area contributed by atoms with Crippen LogP contribution in [-0.4, -0.2) is 85.3 Å². The van der Waals surface area contributed by atoms with Gasteiger partial charge in [-0.3, -0.25) is 9.69 Å². The Morgan fingerprint density at radius 3 is 2.54 bits per heavy atom. The quantitative estimate of drug-likeness (QED) is 0.310. The molecule has 2 aliphatic heterocycles. The Labute approximate surface area is 233 Å². The highest BCUT2D eigenvalue weighted by Gasteiger charge is 2.25. The lowest BCUT2D eigenvalue weighted by Gasteiger charge is -2.36. The second kappa shape index (κ2) is 13.1. The molecule has 2 heterocycles. The van der Waals surface area contributed by atoms with Crippen LogP contribution < -0.4 is 5.73 Å². The fraction of sp³-hybridized carbons (Fsp3) is 0.333. The monoisotopic (exact) mass is 546 g/mol. The average molecular weight is 547 g/mol. The molecule has 1 atom stereocenters. The molecule has 1 saturated heterocycles. The molecule has 8 nitrogen and oxygen atoms in total. The van der Waals surface area contributed by atoms with Crippen molar-refractivity contribution in [3.05, 3.63) is 83.9 Å². The maximum atomic E-state index is 12.1. The number of carbonyl (C=O) groups is 1. The van der Waals surface area contributed by atoms with Crippen LogP contribution in [-0.2, 0) is 20.7 Å². The van der Waals surface area contributed by atoms with E-state index in [0.29, 0.717) is 19.6 Å². The fourth-order valence-electron chi connectivity index (χ4n) is 4.69. The number of aliphatic imine (C=N–C) groups is 1. The number of rotatable bonds is 9. The molecule has 39 heavy (non-hydrogen) atoms. The van der Waals surface area contributed by atoms with E-state index < -0.39 is 12.0 Å². The molecule has 2 aliphatic rings. The van der Waals surface area contributed by atoms with Crippen LogP contribution in [0.25, 0.3) is 0 Å². The molecule has 0 aliphatic carbocycles. The number of hydrogen-bond donors (Lipinski definition) is 2. The highest BCUT2D eigenvalue weighted by molar-refractivity contribution is 7.99. The minimum atomic E-state index is -0.675. The van der Waals surface area contributed by atoms with E-state index in [1.54, 1.807) is 17.8 Å². The van der Waals surface area contributed by atoms with Crippen molar-refractivity contribution in [1.29, 1.82) is 0 Å². The number of benzene rings is 3. The van der Waals surface area contributed by atoms with Crippen molar-refractivity contribution in [3.8, 4) is 5.75 Å². The molecule has 1 unspecified atom stereocenters. The van der Waals surface area contributed by atoms with Gasteiger partial charge in [0.1, 0.15) is 24.2 Å². The van der Waals surface area contributed by atoms with E-state index in [-0.39, 0.29) is 12.4 Å². The normalized spacial score (nSPS) is 16.0. The molecular formula is C30H34N4O4S. The van der Waals surface area contributed by atoms with Crippen molar-refractivity contribution in [1.82, 2.24) is 9.80 Å². The summed E-state index contributed by atoms with van der Waals surface area (Å²) in [4.78, 5) is 24.0. The van der Waals surface area contributed by atoms with E-state index in [4.69, 9.17) is 20.2 Å². The maximum Gasteiger partial charge on any atom is 0.323 e. The fourth-order valence-corrected chi connectivity index (χ4v) is 5.74. The van der Waals surface area contributed by atoms with Crippen LogP contribution in [0.15, 0.2) is 87.6 Å². The number of nitrogens with two attached hydrogens (primary N) is 1. The smallest absolute Gasteiger partial charge is 0.323 e. The number of fused-ring (bicyclic) bond motifs is 2. The molecule has 204 valence electrons. The molecule has 0 aromatic heterocycles. The molecule has 5 rings (SSSR count). The molecule has 0 spiro atoms. The standard InChI is InChI=1S/C30H34N4O4S/c31-25(20-22-6-2-1-3-7-22)30(36)38-19-18-37-17-16-33-12-14-34(15-13-33)29-24-11-10-23(35)21-28(24)39-27-9-5-4-8-26(27)32-29/h1-11,21,25,35H,12-20,31H2. The minimum absolute atomic E-state index is 0.198. The van der Waals surface area contributed by atoms with Crippen molar-refractivity contribution in [2.75, 3.05) is 52.5 Å². The number of carbonyl (C=O) groups excluding carboxylic acids is 1. The van der Waals surface area contributed by atoms with Gasteiger partial charge in [-0.2, -0.15) is 0 Å². The number of phenolic OH excluding ortho intramolecular Hbond substituents is 1. The van der Waals surface area contributed by atoms with Gasteiger partial charge in [0, 0.05) is 48.1 Å². The summed E-state index contributed by atoms with van der Waals surface area (Å²) in [5.74, 6) is 0.804. The van der Waals surface area contributed by atoms with E-state index in [1.165, 1.54) is 0 Å². The van der Waals surface area contributed by atoms with E-state index in [0.717, 1.165) is 65.2 Å². The van der Waals surface area contributed by atoms with Crippen molar-refractivity contribution in [3.63, 3.8) is 0 Å². The van der Waals surface area contributed by atoms with Gasteiger partial charge >= 0.3 is 5.97 Å². The molecular weight excluding hydrogens is 512 g/mol. The van der Waals surface area contributed by atoms with Gasteiger partial charge in [-0.25, -0.2) is 4.99 Å². The topological polar surface area (TPSA) is 101 Å². The third kappa shape index (κ3) is 7.19. The first-order valence-electron chi connectivity index (χ1n) is 13.3. The Kier molecular flexibility index (Phi) is 9.15. The van der Waals surface area contributed by atoms with Crippen molar-refractivity contribution >= 4 is 29.3 Å². The highest BCUT2D eigenvalue weighted by Crippen LogP contribution is 2.41. The summed E-state index contributed by atoms with van der Waals surface area (Å²) in [6.07, 6.45) is 0.457. The van der Waals surface area contributed by atoms with Gasteiger partial charge in [0.05, 0.1) is 18.9 Å². The Morgan fingerprint density at radius 1 is 0.949 bits per heavy atom. The molecule has 3 N–H and O–H groups in total. The van der Waals surface area contributed by atoms with Gasteiger partial charge < -0.3 is 25.2 Å². The predicted octanol–water partition coefficient (Wildman–Crippen LogP) is 3.68. The number of para-hydroxylation sites is 1. The Morgan fingerprint density at radius 2 is 1.72 bits per heavy atom. The number of aromatic hydroxyl groups is 1. The molecule has 0 amide bonds. The number of nitrogens with zero attached hydrogens (tertiary/aromatic N) is 3. The first kappa shape index (κ1) is 27.2. The number of amidine groups is 1. The van der Waals surface area contributed by atoms with E-state index >= 15 is 0 Å². The summed E-state index contributed by atoms with van der Waals surface area (Å²) in [7, 11) is 0. The zero-order valence-corrected chi connectivity index (χ0v) is 22.7. The number of phenols is 1. The molecule has 1 fully saturated rings. The molecule has 3 aromatic rings. The van der Waals surface area contributed by atoms with Crippen molar-refractivity contribution in [2.24, 2.45) is 10.7 Å². The van der Waals surface area contributed by atoms with Crippen LogP contribution >= 0.6 is 11.8 Å². The van der Waals surface area contributed by atoms with E-state index in [1.807, 2.05) is 60.7 Å². The predicted molar refractivity (Wildman–Crippen MR) is 153 cm³/mol. The third-order valence-electron chi connectivity index (χ3n) is 6.81.